The van der Waals surface area contributed by atoms with E-state index in [1.807, 2.05) is 0 Å². The van der Waals surface area contributed by atoms with E-state index in [-0.39, 0.29) is 47.7 Å². The van der Waals surface area contributed by atoms with Crippen LogP contribution in [0.15, 0.2) is 4.99 Å². The topological polar surface area (TPSA) is 83.0 Å². The fourth-order valence-corrected chi connectivity index (χ4v) is 2.68. The van der Waals surface area contributed by atoms with Crippen LogP contribution in [0.4, 0.5) is 0 Å². The molecule has 0 aromatic carbocycles. The summed E-state index contributed by atoms with van der Waals surface area (Å²) in [6.45, 7) is 2.83. The number of esters is 1. The number of likely N-dealkylation sites (tertiary alicyclic amines) is 1. The van der Waals surface area contributed by atoms with E-state index in [0.29, 0.717) is 13.1 Å². The van der Waals surface area contributed by atoms with Gasteiger partial charge < -0.3 is 20.3 Å². The zero-order valence-corrected chi connectivity index (χ0v) is 16.2. The normalized spacial score (nSPS) is 18.9. The molecule has 2 aliphatic rings. The Hall–Kier alpha value is -1.06. The van der Waals surface area contributed by atoms with Crippen LogP contribution in [0.2, 0.25) is 0 Å². The summed E-state index contributed by atoms with van der Waals surface area (Å²) in [7, 11) is 3.18. The molecule has 1 aliphatic carbocycles. The van der Waals surface area contributed by atoms with Crippen LogP contribution in [0.5, 0.6) is 0 Å². The summed E-state index contributed by atoms with van der Waals surface area (Å²) < 4.78 is 4.79. The lowest BCUT2D eigenvalue weighted by molar-refractivity contribution is -0.146. The van der Waals surface area contributed by atoms with Gasteiger partial charge in [0, 0.05) is 39.1 Å². The molecule has 2 rings (SSSR count). The second kappa shape index (κ2) is 9.94. The summed E-state index contributed by atoms with van der Waals surface area (Å²) in [5.41, 5.74) is 0. The largest absolute Gasteiger partial charge is 0.469 e. The minimum Gasteiger partial charge on any atom is -0.469 e. The van der Waals surface area contributed by atoms with Gasteiger partial charge in [-0.25, -0.2) is 0 Å². The Balaban J connectivity index is 0.00000264. The number of nitrogens with zero attached hydrogens (tertiary/aromatic N) is 2. The summed E-state index contributed by atoms with van der Waals surface area (Å²) in [6, 6.07) is 0. The van der Waals surface area contributed by atoms with E-state index in [0.717, 1.165) is 44.7 Å². The van der Waals surface area contributed by atoms with Gasteiger partial charge in [-0.2, -0.15) is 0 Å². The number of rotatable bonds is 5. The summed E-state index contributed by atoms with van der Waals surface area (Å²) in [5.74, 6) is 1.11. The first-order valence-corrected chi connectivity index (χ1v) is 7.96. The van der Waals surface area contributed by atoms with Crippen LogP contribution < -0.4 is 10.6 Å². The summed E-state index contributed by atoms with van der Waals surface area (Å²) in [5, 5.41) is 6.18. The van der Waals surface area contributed by atoms with Gasteiger partial charge in [0.05, 0.1) is 13.0 Å². The summed E-state index contributed by atoms with van der Waals surface area (Å²) in [6.07, 6.45) is 3.61. The highest BCUT2D eigenvalue weighted by atomic mass is 127. The van der Waals surface area contributed by atoms with Crippen LogP contribution in [-0.2, 0) is 14.3 Å². The van der Waals surface area contributed by atoms with E-state index in [1.54, 1.807) is 7.05 Å². The van der Waals surface area contributed by atoms with Gasteiger partial charge in [-0.05, 0) is 25.7 Å². The molecule has 0 aromatic rings. The Morgan fingerprint density at radius 2 is 1.70 bits per heavy atom. The number of piperidine rings is 1. The third-order valence-electron chi connectivity index (χ3n) is 4.20. The molecule has 1 aliphatic heterocycles. The quantitative estimate of drug-likeness (QED) is 0.216. The molecule has 1 saturated carbocycles. The monoisotopic (exact) mass is 438 g/mol. The lowest BCUT2D eigenvalue weighted by Crippen LogP contribution is -2.48. The molecule has 1 heterocycles. The molecule has 0 bridgehead atoms. The summed E-state index contributed by atoms with van der Waals surface area (Å²) in [4.78, 5) is 29.5. The zero-order chi connectivity index (χ0) is 15.9. The zero-order valence-electron chi connectivity index (χ0n) is 13.8. The first kappa shape index (κ1) is 20.0. The van der Waals surface area contributed by atoms with Crippen molar-refractivity contribution in [3.8, 4) is 0 Å². The van der Waals surface area contributed by atoms with Crippen molar-refractivity contribution >= 4 is 41.8 Å². The molecule has 1 saturated heterocycles. The smallest absolute Gasteiger partial charge is 0.308 e. The number of carbonyl (C=O) groups excluding carboxylic acids is 2. The predicted molar refractivity (Wildman–Crippen MR) is 98.8 cm³/mol. The molecule has 0 spiro atoms. The van der Waals surface area contributed by atoms with Gasteiger partial charge in [0.15, 0.2) is 5.96 Å². The molecule has 23 heavy (non-hydrogen) atoms. The molecule has 2 N–H and O–H groups in total. The van der Waals surface area contributed by atoms with Crippen molar-refractivity contribution in [1.82, 2.24) is 15.5 Å². The SMILES string of the molecule is CN=C(NCCNC(=O)C1CC1)N1CCC(C(=O)OC)CC1.I. The van der Waals surface area contributed by atoms with Crippen LogP contribution in [0, 0.1) is 11.8 Å². The predicted octanol–water partition coefficient (Wildman–Crippen LogP) is 0.591. The molecule has 0 radical (unpaired) electrons. The van der Waals surface area contributed by atoms with Gasteiger partial charge in [-0.3, -0.25) is 14.6 Å². The number of halogens is 1. The number of ether oxygens (including phenoxy) is 1. The second-order valence-corrected chi connectivity index (χ2v) is 5.82. The number of amides is 1. The molecule has 0 unspecified atom stereocenters. The van der Waals surface area contributed by atoms with Crippen molar-refractivity contribution in [2.45, 2.75) is 25.7 Å². The molecule has 1 amide bonds. The number of nitrogens with one attached hydrogen (secondary N) is 2. The van der Waals surface area contributed by atoms with Gasteiger partial charge in [0.1, 0.15) is 0 Å². The lowest BCUT2D eigenvalue weighted by Gasteiger charge is -2.33. The third-order valence-corrected chi connectivity index (χ3v) is 4.20. The van der Waals surface area contributed by atoms with E-state index >= 15 is 0 Å². The van der Waals surface area contributed by atoms with Crippen LogP contribution in [-0.4, -0.2) is 63.1 Å². The molecule has 8 heteroatoms. The number of aliphatic imine (C=N–C) groups is 1. The van der Waals surface area contributed by atoms with E-state index in [1.165, 1.54) is 7.11 Å². The highest BCUT2D eigenvalue weighted by Gasteiger charge is 2.29. The number of guanidine groups is 1. The van der Waals surface area contributed by atoms with Gasteiger partial charge in [0.2, 0.25) is 5.91 Å². The Morgan fingerprint density at radius 3 is 2.22 bits per heavy atom. The maximum absolute atomic E-state index is 11.5. The van der Waals surface area contributed by atoms with Crippen LogP contribution in [0.1, 0.15) is 25.7 Å². The van der Waals surface area contributed by atoms with Crippen molar-refractivity contribution in [1.29, 1.82) is 0 Å². The van der Waals surface area contributed by atoms with Crippen molar-refractivity contribution in [3.63, 3.8) is 0 Å². The van der Waals surface area contributed by atoms with Crippen molar-refractivity contribution in [2.75, 3.05) is 40.3 Å². The molecular weight excluding hydrogens is 411 g/mol. The maximum atomic E-state index is 11.5. The third kappa shape index (κ3) is 6.15. The van der Waals surface area contributed by atoms with E-state index < -0.39 is 0 Å². The number of carbonyl (C=O) groups is 2. The Bertz CT molecular complexity index is 432. The first-order chi connectivity index (χ1) is 10.7. The highest BCUT2D eigenvalue weighted by Crippen LogP contribution is 2.28. The van der Waals surface area contributed by atoms with Crippen molar-refractivity contribution in [3.05, 3.63) is 0 Å². The van der Waals surface area contributed by atoms with Gasteiger partial charge in [-0.15, -0.1) is 24.0 Å². The van der Waals surface area contributed by atoms with Crippen molar-refractivity contribution < 1.29 is 14.3 Å². The van der Waals surface area contributed by atoms with Crippen LogP contribution in [0.3, 0.4) is 0 Å². The van der Waals surface area contributed by atoms with Gasteiger partial charge >= 0.3 is 5.97 Å². The fraction of sp³-hybridized carbons (Fsp3) is 0.800. The molecule has 7 nitrogen and oxygen atoms in total. The second-order valence-electron chi connectivity index (χ2n) is 5.82. The van der Waals surface area contributed by atoms with Crippen LogP contribution in [0.25, 0.3) is 0 Å². The van der Waals surface area contributed by atoms with Crippen molar-refractivity contribution in [2.24, 2.45) is 16.8 Å². The first-order valence-electron chi connectivity index (χ1n) is 7.96. The fourth-order valence-electron chi connectivity index (χ4n) is 2.68. The maximum Gasteiger partial charge on any atom is 0.308 e. The van der Waals surface area contributed by atoms with E-state index in [2.05, 4.69) is 20.5 Å². The minimum absolute atomic E-state index is 0. The number of methoxy groups -OCH3 is 1. The standard InChI is InChI=1S/C15H26N4O3.HI/c1-16-15(18-8-7-17-13(20)11-3-4-11)19-9-5-12(6-10-19)14(21)22-2;/h11-12H,3-10H2,1-2H3,(H,16,18)(H,17,20);1H. The molecule has 0 aromatic heterocycles. The highest BCUT2D eigenvalue weighted by molar-refractivity contribution is 14.0. The molecule has 132 valence electrons. The average Bonchev–Trinajstić information content (AvgIpc) is 3.39. The molecule has 0 atom stereocenters. The number of hydrogen-bond acceptors (Lipinski definition) is 4. The lowest BCUT2D eigenvalue weighted by atomic mass is 9.97. The minimum atomic E-state index is -0.120. The van der Waals surface area contributed by atoms with E-state index in [9.17, 15) is 9.59 Å². The molecular formula is C15H27IN4O3. The Kier molecular flexibility index (Phi) is 8.64. The number of hydrogen-bond donors (Lipinski definition) is 2. The van der Waals surface area contributed by atoms with Gasteiger partial charge in [0.25, 0.3) is 0 Å². The van der Waals surface area contributed by atoms with Crippen LogP contribution >= 0.6 is 24.0 Å². The Labute approximate surface area is 154 Å². The van der Waals surface area contributed by atoms with E-state index in [4.69, 9.17) is 4.74 Å². The average molecular weight is 438 g/mol. The van der Waals surface area contributed by atoms with Gasteiger partial charge in [-0.1, -0.05) is 0 Å². The summed E-state index contributed by atoms with van der Waals surface area (Å²) >= 11 is 0. The molecule has 2 fully saturated rings. The Morgan fingerprint density at radius 1 is 1.09 bits per heavy atom.